The van der Waals surface area contributed by atoms with Gasteiger partial charge in [0.15, 0.2) is 0 Å². The quantitative estimate of drug-likeness (QED) is 0.826. The van der Waals surface area contributed by atoms with Crippen molar-refractivity contribution < 1.29 is 9.59 Å². The molecule has 120 valence electrons. The zero-order chi connectivity index (χ0) is 15.4. The molecule has 5 nitrogen and oxygen atoms in total. The lowest BCUT2D eigenvalue weighted by Crippen LogP contribution is -2.42. The molecule has 2 aliphatic rings. The van der Waals surface area contributed by atoms with E-state index >= 15 is 0 Å². The Morgan fingerprint density at radius 3 is 2.76 bits per heavy atom. The van der Waals surface area contributed by atoms with Crippen LogP contribution in [0.4, 0.5) is 0 Å². The molecule has 0 aromatic rings. The second-order valence-corrected chi connectivity index (χ2v) is 6.88. The summed E-state index contributed by atoms with van der Waals surface area (Å²) in [6.07, 6.45) is 2.94. The normalized spacial score (nSPS) is 27.4. The first kappa shape index (κ1) is 16.3. The number of likely N-dealkylation sites (tertiary alicyclic amines) is 2. The van der Waals surface area contributed by atoms with E-state index in [9.17, 15) is 9.59 Å². The molecular weight excluding hydrogens is 266 g/mol. The SMILES string of the molecule is CC1CCCN(CCNC(=O)C2CC(=O)N(C(C)C)C2)C1. The number of rotatable bonds is 5. The summed E-state index contributed by atoms with van der Waals surface area (Å²) in [5.41, 5.74) is 0. The van der Waals surface area contributed by atoms with Crippen molar-refractivity contribution in [2.75, 3.05) is 32.7 Å². The van der Waals surface area contributed by atoms with Crippen LogP contribution in [0.5, 0.6) is 0 Å². The van der Waals surface area contributed by atoms with Gasteiger partial charge in [0.05, 0.1) is 5.92 Å². The Bertz CT molecular complexity index is 384. The number of nitrogens with zero attached hydrogens (tertiary/aromatic N) is 2. The average molecular weight is 295 g/mol. The molecule has 1 N–H and O–H groups in total. The van der Waals surface area contributed by atoms with E-state index in [1.165, 1.54) is 12.8 Å². The van der Waals surface area contributed by atoms with Crippen LogP contribution in [0.2, 0.25) is 0 Å². The highest BCUT2D eigenvalue weighted by molar-refractivity contribution is 5.89. The molecule has 2 saturated heterocycles. The molecule has 0 radical (unpaired) electrons. The molecule has 0 aromatic carbocycles. The van der Waals surface area contributed by atoms with Crippen LogP contribution >= 0.6 is 0 Å². The van der Waals surface area contributed by atoms with Crippen molar-refractivity contribution in [1.82, 2.24) is 15.1 Å². The van der Waals surface area contributed by atoms with Gasteiger partial charge in [0.2, 0.25) is 11.8 Å². The lowest BCUT2D eigenvalue weighted by molar-refractivity contribution is -0.129. The first-order valence-electron chi connectivity index (χ1n) is 8.27. The lowest BCUT2D eigenvalue weighted by atomic mass is 10.0. The summed E-state index contributed by atoms with van der Waals surface area (Å²) < 4.78 is 0. The highest BCUT2D eigenvalue weighted by atomic mass is 16.2. The largest absolute Gasteiger partial charge is 0.355 e. The predicted octanol–water partition coefficient (Wildman–Crippen LogP) is 1.09. The van der Waals surface area contributed by atoms with Crippen LogP contribution in [0.1, 0.15) is 40.0 Å². The van der Waals surface area contributed by atoms with Gasteiger partial charge in [-0.1, -0.05) is 6.92 Å². The second kappa shape index (κ2) is 7.25. The molecular formula is C16H29N3O2. The predicted molar refractivity (Wildman–Crippen MR) is 82.8 cm³/mol. The van der Waals surface area contributed by atoms with E-state index in [1.807, 2.05) is 13.8 Å². The summed E-state index contributed by atoms with van der Waals surface area (Å²) in [6, 6.07) is 0.185. The molecule has 0 bridgehead atoms. The zero-order valence-electron chi connectivity index (χ0n) is 13.6. The maximum absolute atomic E-state index is 12.2. The van der Waals surface area contributed by atoms with Crippen LogP contribution in [0.25, 0.3) is 0 Å². The van der Waals surface area contributed by atoms with Gasteiger partial charge in [-0.05, 0) is 39.2 Å². The van der Waals surface area contributed by atoms with Gasteiger partial charge in [-0.2, -0.15) is 0 Å². The second-order valence-electron chi connectivity index (χ2n) is 6.88. The molecule has 2 rings (SSSR count). The Hall–Kier alpha value is -1.10. The molecule has 21 heavy (non-hydrogen) atoms. The summed E-state index contributed by atoms with van der Waals surface area (Å²) >= 11 is 0. The molecule has 0 spiro atoms. The van der Waals surface area contributed by atoms with Crippen molar-refractivity contribution in [2.24, 2.45) is 11.8 Å². The maximum atomic E-state index is 12.2. The highest BCUT2D eigenvalue weighted by Crippen LogP contribution is 2.20. The van der Waals surface area contributed by atoms with Crippen molar-refractivity contribution in [2.45, 2.75) is 46.1 Å². The Labute approximate surface area is 128 Å². The average Bonchev–Trinajstić information content (AvgIpc) is 2.81. The maximum Gasteiger partial charge on any atom is 0.225 e. The molecule has 2 amide bonds. The topological polar surface area (TPSA) is 52.7 Å². The Morgan fingerprint density at radius 1 is 1.38 bits per heavy atom. The van der Waals surface area contributed by atoms with Gasteiger partial charge in [-0.25, -0.2) is 0 Å². The first-order chi connectivity index (χ1) is 9.97. The van der Waals surface area contributed by atoms with Gasteiger partial charge < -0.3 is 15.1 Å². The van der Waals surface area contributed by atoms with E-state index < -0.39 is 0 Å². The fraction of sp³-hybridized carbons (Fsp3) is 0.875. The Morgan fingerprint density at radius 2 is 2.14 bits per heavy atom. The third kappa shape index (κ3) is 4.43. The van der Waals surface area contributed by atoms with Crippen LogP contribution in [0.15, 0.2) is 0 Å². The van der Waals surface area contributed by atoms with Crippen molar-refractivity contribution >= 4 is 11.8 Å². The number of nitrogens with one attached hydrogen (secondary N) is 1. The Kier molecular flexibility index (Phi) is 5.62. The third-order valence-electron chi connectivity index (χ3n) is 4.62. The summed E-state index contributed by atoms with van der Waals surface area (Å²) in [5.74, 6) is 0.744. The van der Waals surface area contributed by atoms with E-state index in [-0.39, 0.29) is 23.8 Å². The van der Waals surface area contributed by atoms with E-state index in [0.29, 0.717) is 19.5 Å². The molecule has 0 saturated carbocycles. The van der Waals surface area contributed by atoms with Gasteiger partial charge in [0, 0.05) is 38.6 Å². The van der Waals surface area contributed by atoms with Crippen LogP contribution in [0, 0.1) is 11.8 Å². The van der Waals surface area contributed by atoms with E-state index in [1.54, 1.807) is 4.90 Å². The minimum Gasteiger partial charge on any atom is -0.355 e. The highest BCUT2D eigenvalue weighted by Gasteiger charge is 2.35. The molecule has 2 atom stereocenters. The lowest BCUT2D eigenvalue weighted by Gasteiger charge is -2.30. The Balaban J connectivity index is 1.69. The van der Waals surface area contributed by atoms with Crippen molar-refractivity contribution in [3.8, 4) is 0 Å². The van der Waals surface area contributed by atoms with Gasteiger partial charge in [-0.3, -0.25) is 9.59 Å². The fourth-order valence-corrected chi connectivity index (χ4v) is 3.38. The van der Waals surface area contributed by atoms with E-state index in [0.717, 1.165) is 25.6 Å². The van der Waals surface area contributed by atoms with Crippen LogP contribution in [0.3, 0.4) is 0 Å². The number of carbonyl (C=O) groups excluding carboxylic acids is 2. The molecule has 2 aliphatic heterocycles. The van der Waals surface area contributed by atoms with Gasteiger partial charge >= 0.3 is 0 Å². The van der Waals surface area contributed by atoms with Gasteiger partial charge in [-0.15, -0.1) is 0 Å². The van der Waals surface area contributed by atoms with Crippen molar-refractivity contribution in [3.05, 3.63) is 0 Å². The minimum atomic E-state index is -0.167. The van der Waals surface area contributed by atoms with Crippen LogP contribution in [-0.2, 0) is 9.59 Å². The number of piperidine rings is 1. The van der Waals surface area contributed by atoms with E-state index in [2.05, 4.69) is 17.1 Å². The molecule has 0 aromatic heterocycles. The summed E-state index contributed by atoms with van der Waals surface area (Å²) in [4.78, 5) is 28.2. The first-order valence-corrected chi connectivity index (χ1v) is 8.27. The molecule has 2 fully saturated rings. The summed E-state index contributed by atoms with van der Waals surface area (Å²) in [5, 5.41) is 3.01. The standard InChI is InChI=1S/C16H29N3O2/c1-12(2)19-11-14(9-15(19)20)16(21)17-6-8-18-7-4-5-13(3)10-18/h12-14H,4-11H2,1-3H3,(H,17,21). The number of hydrogen-bond donors (Lipinski definition) is 1. The number of hydrogen-bond acceptors (Lipinski definition) is 3. The summed E-state index contributed by atoms with van der Waals surface area (Å²) in [6.45, 7) is 10.7. The van der Waals surface area contributed by atoms with Gasteiger partial charge in [0.1, 0.15) is 0 Å². The van der Waals surface area contributed by atoms with Crippen LogP contribution in [-0.4, -0.2) is 60.4 Å². The monoisotopic (exact) mass is 295 g/mol. The van der Waals surface area contributed by atoms with E-state index in [4.69, 9.17) is 0 Å². The summed E-state index contributed by atoms with van der Waals surface area (Å²) in [7, 11) is 0. The fourth-order valence-electron chi connectivity index (χ4n) is 3.38. The zero-order valence-corrected chi connectivity index (χ0v) is 13.6. The molecule has 5 heteroatoms. The molecule has 2 heterocycles. The number of carbonyl (C=O) groups is 2. The van der Waals surface area contributed by atoms with Crippen LogP contribution < -0.4 is 5.32 Å². The van der Waals surface area contributed by atoms with Gasteiger partial charge in [0.25, 0.3) is 0 Å². The number of amides is 2. The smallest absolute Gasteiger partial charge is 0.225 e. The minimum absolute atomic E-state index is 0.0385. The third-order valence-corrected chi connectivity index (χ3v) is 4.62. The molecule has 0 aliphatic carbocycles. The van der Waals surface area contributed by atoms with Crippen molar-refractivity contribution in [1.29, 1.82) is 0 Å². The molecule has 2 unspecified atom stereocenters. The van der Waals surface area contributed by atoms with Crippen molar-refractivity contribution in [3.63, 3.8) is 0 Å².